The zero-order valence-corrected chi connectivity index (χ0v) is 14.9. The van der Waals surface area contributed by atoms with Crippen molar-refractivity contribution in [3.05, 3.63) is 0 Å². The van der Waals surface area contributed by atoms with Crippen LogP contribution in [0.1, 0.15) is 46.5 Å². The van der Waals surface area contributed by atoms with Crippen LogP contribution >= 0.6 is 0 Å². The molecule has 0 spiro atoms. The summed E-state index contributed by atoms with van der Waals surface area (Å²) >= 11 is 0. The summed E-state index contributed by atoms with van der Waals surface area (Å²) in [5.41, 5.74) is 6.48. The van der Waals surface area contributed by atoms with Crippen LogP contribution in [0.2, 0.25) is 0 Å². The maximum absolute atomic E-state index is 6.24. The van der Waals surface area contributed by atoms with Crippen LogP contribution in [-0.4, -0.2) is 79.6 Å². The van der Waals surface area contributed by atoms with Gasteiger partial charge in [0.15, 0.2) is 0 Å². The molecule has 0 saturated carbocycles. The molecule has 126 valence electrons. The number of rotatable bonds is 9. The summed E-state index contributed by atoms with van der Waals surface area (Å²) in [6.45, 7) is 15.9. The first-order valence-corrected chi connectivity index (χ1v) is 8.97. The summed E-state index contributed by atoms with van der Waals surface area (Å²) < 4.78 is 0. The highest BCUT2D eigenvalue weighted by atomic mass is 15.2. The SMILES string of the molecule is CCN(CC)CCCN(CC)C1(CN)CCCN(C)CC1. The van der Waals surface area contributed by atoms with Gasteiger partial charge in [-0.15, -0.1) is 0 Å². The van der Waals surface area contributed by atoms with Crippen LogP contribution in [-0.2, 0) is 0 Å². The van der Waals surface area contributed by atoms with E-state index in [9.17, 15) is 0 Å². The molecule has 2 N–H and O–H groups in total. The smallest absolute Gasteiger partial charge is 0.0344 e. The van der Waals surface area contributed by atoms with Crippen LogP contribution < -0.4 is 5.73 Å². The molecule has 1 aliphatic heterocycles. The molecule has 1 atom stereocenters. The maximum atomic E-state index is 6.24. The molecule has 4 nitrogen and oxygen atoms in total. The minimum Gasteiger partial charge on any atom is -0.329 e. The molecule has 1 heterocycles. The summed E-state index contributed by atoms with van der Waals surface area (Å²) in [6.07, 6.45) is 5.01. The van der Waals surface area contributed by atoms with Gasteiger partial charge in [0.2, 0.25) is 0 Å². The third-order valence-electron chi connectivity index (χ3n) is 5.37. The van der Waals surface area contributed by atoms with Crippen LogP contribution in [0.3, 0.4) is 0 Å². The first-order chi connectivity index (χ1) is 10.1. The van der Waals surface area contributed by atoms with Crippen molar-refractivity contribution in [3.63, 3.8) is 0 Å². The zero-order valence-electron chi connectivity index (χ0n) is 14.9. The topological polar surface area (TPSA) is 35.7 Å². The van der Waals surface area contributed by atoms with Gasteiger partial charge in [-0.25, -0.2) is 0 Å². The summed E-state index contributed by atoms with van der Waals surface area (Å²) in [6, 6.07) is 0. The normalized spacial score (nSPS) is 24.7. The Hall–Kier alpha value is -0.160. The fourth-order valence-corrected chi connectivity index (χ4v) is 3.72. The Balaban J connectivity index is 2.58. The van der Waals surface area contributed by atoms with E-state index in [-0.39, 0.29) is 5.54 Å². The van der Waals surface area contributed by atoms with Crippen molar-refractivity contribution >= 4 is 0 Å². The second-order valence-electron chi connectivity index (χ2n) is 6.55. The van der Waals surface area contributed by atoms with Crippen molar-refractivity contribution < 1.29 is 0 Å². The monoisotopic (exact) mass is 298 g/mol. The van der Waals surface area contributed by atoms with Gasteiger partial charge in [-0.3, -0.25) is 4.90 Å². The number of nitrogens with two attached hydrogens (primary N) is 1. The summed E-state index contributed by atoms with van der Waals surface area (Å²) in [5.74, 6) is 0. The van der Waals surface area contributed by atoms with Crippen LogP contribution in [0.5, 0.6) is 0 Å². The predicted molar refractivity (Wildman–Crippen MR) is 92.8 cm³/mol. The second kappa shape index (κ2) is 9.78. The van der Waals surface area contributed by atoms with Gasteiger partial charge in [0, 0.05) is 12.1 Å². The van der Waals surface area contributed by atoms with E-state index in [2.05, 4.69) is 42.5 Å². The largest absolute Gasteiger partial charge is 0.329 e. The second-order valence-corrected chi connectivity index (χ2v) is 6.55. The molecule has 1 fully saturated rings. The van der Waals surface area contributed by atoms with Gasteiger partial charge in [-0.1, -0.05) is 20.8 Å². The van der Waals surface area contributed by atoms with Crippen LogP contribution in [0, 0.1) is 0 Å². The van der Waals surface area contributed by atoms with Crippen molar-refractivity contribution in [1.29, 1.82) is 0 Å². The molecule has 21 heavy (non-hydrogen) atoms. The zero-order chi connectivity index (χ0) is 15.7. The van der Waals surface area contributed by atoms with Gasteiger partial charge in [0.1, 0.15) is 0 Å². The van der Waals surface area contributed by atoms with Gasteiger partial charge in [-0.2, -0.15) is 0 Å². The summed E-state index contributed by atoms with van der Waals surface area (Å²) in [7, 11) is 2.24. The molecule has 1 unspecified atom stereocenters. The molecule has 0 bridgehead atoms. The molecule has 1 saturated heterocycles. The standard InChI is InChI=1S/C17H38N4/c1-5-20(6-2)13-9-14-21(7-3)17(16-18)10-8-12-19(4)15-11-17/h5-16,18H2,1-4H3. The molecule has 0 aromatic rings. The third-order valence-corrected chi connectivity index (χ3v) is 5.37. The Labute approximate surface area is 132 Å². The lowest BCUT2D eigenvalue weighted by molar-refractivity contribution is 0.0792. The molecule has 4 heteroatoms. The van der Waals surface area contributed by atoms with Crippen molar-refractivity contribution in [2.45, 2.75) is 52.0 Å². The molecule has 0 aromatic carbocycles. The van der Waals surface area contributed by atoms with Crippen molar-refractivity contribution in [2.24, 2.45) is 5.73 Å². The van der Waals surface area contributed by atoms with E-state index in [0.717, 1.165) is 26.2 Å². The Morgan fingerprint density at radius 1 is 1.00 bits per heavy atom. The minimum absolute atomic E-state index is 0.239. The highest BCUT2D eigenvalue weighted by Gasteiger charge is 2.35. The number of likely N-dealkylation sites (N-methyl/N-ethyl adjacent to an activating group) is 1. The van der Waals surface area contributed by atoms with Crippen LogP contribution in [0.25, 0.3) is 0 Å². The van der Waals surface area contributed by atoms with E-state index in [1.807, 2.05) is 0 Å². The van der Waals surface area contributed by atoms with Gasteiger partial charge in [0.25, 0.3) is 0 Å². The third kappa shape index (κ3) is 5.51. The Morgan fingerprint density at radius 3 is 2.29 bits per heavy atom. The first kappa shape index (κ1) is 18.9. The highest BCUT2D eigenvalue weighted by molar-refractivity contribution is 4.94. The number of nitrogens with zero attached hydrogens (tertiary/aromatic N) is 3. The Morgan fingerprint density at radius 2 is 1.71 bits per heavy atom. The molecule has 1 aliphatic rings. The number of hydrogen-bond acceptors (Lipinski definition) is 4. The predicted octanol–water partition coefficient (Wildman–Crippen LogP) is 1.85. The Bertz CT molecular complexity index is 268. The maximum Gasteiger partial charge on any atom is 0.0344 e. The van der Waals surface area contributed by atoms with E-state index in [1.165, 1.54) is 51.9 Å². The Kier molecular flexibility index (Phi) is 8.79. The summed E-state index contributed by atoms with van der Waals surface area (Å²) in [5, 5.41) is 0. The average Bonchev–Trinajstić information content (AvgIpc) is 2.70. The van der Waals surface area contributed by atoms with E-state index >= 15 is 0 Å². The van der Waals surface area contributed by atoms with Gasteiger partial charge in [0.05, 0.1) is 0 Å². The summed E-state index contributed by atoms with van der Waals surface area (Å²) in [4.78, 5) is 7.65. The quantitative estimate of drug-likeness (QED) is 0.705. The number of hydrogen-bond donors (Lipinski definition) is 1. The molecule has 0 radical (unpaired) electrons. The van der Waals surface area contributed by atoms with Crippen LogP contribution in [0.15, 0.2) is 0 Å². The lowest BCUT2D eigenvalue weighted by Crippen LogP contribution is -2.54. The lowest BCUT2D eigenvalue weighted by atomic mass is 9.88. The van der Waals surface area contributed by atoms with E-state index in [4.69, 9.17) is 5.73 Å². The van der Waals surface area contributed by atoms with E-state index < -0.39 is 0 Å². The number of likely N-dealkylation sites (tertiary alicyclic amines) is 1. The highest BCUT2D eigenvalue weighted by Crippen LogP contribution is 2.28. The molecular weight excluding hydrogens is 260 g/mol. The van der Waals surface area contributed by atoms with Gasteiger partial charge >= 0.3 is 0 Å². The average molecular weight is 299 g/mol. The molecule has 0 aliphatic carbocycles. The fraction of sp³-hybridized carbons (Fsp3) is 1.00. The minimum atomic E-state index is 0.239. The van der Waals surface area contributed by atoms with Crippen molar-refractivity contribution in [1.82, 2.24) is 14.7 Å². The van der Waals surface area contributed by atoms with Crippen molar-refractivity contribution in [3.8, 4) is 0 Å². The fourth-order valence-electron chi connectivity index (χ4n) is 3.72. The van der Waals surface area contributed by atoms with E-state index in [0.29, 0.717) is 0 Å². The molecule has 0 aromatic heterocycles. The van der Waals surface area contributed by atoms with E-state index in [1.54, 1.807) is 0 Å². The van der Waals surface area contributed by atoms with Crippen LogP contribution in [0.4, 0.5) is 0 Å². The van der Waals surface area contributed by atoms with Gasteiger partial charge < -0.3 is 15.5 Å². The first-order valence-electron chi connectivity index (χ1n) is 8.97. The molecular formula is C17H38N4. The molecule has 0 amide bonds. The van der Waals surface area contributed by atoms with Gasteiger partial charge in [-0.05, 0) is 78.5 Å². The molecule has 1 rings (SSSR count). The van der Waals surface area contributed by atoms with Crippen molar-refractivity contribution in [2.75, 3.05) is 59.4 Å². The lowest BCUT2D eigenvalue weighted by Gasteiger charge is -2.43.